The summed E-state index contributed by atoms with van der Waals surface area (Å²) in [7, 11) is 0. The highest BCUT2D eigenvalue weighted by atomic mass is 19.4. The van der Waals surface area contributed by atoms with Gasteiger partial charge in [-0.15, -0.1) is 0 Å². The van der Waals surface area contributed by atoms with Crippen molar-refractivity contribution in [2.75, 3.05) is 0 Å². The van der Waals surface area contributed by atoms with Crippen LogP contribution in [0.4, 0.5) is 13.2 Å². The van der Waals surface area contributed by atoms with E-state index in [1.165, 1.54) is 12.1 Å². The average molecular weight is 350 g/mol. The maximum absolute atomic E-state index is 13.0. The van der Waals surface area contributed by atoms with Gasteiger partial charge >= 0.3 is 6.18 Å². The smallest absolute Gasteiger partial charge is 0.289 e. The lowest BCUT2D eigenvalue weighted by Crippen LogP contribution is -2.04. The molecule has 0 heterocycles. The summed E-state index contributed by atoms with van der Waals surface area (Å²) in [6.45, 7) is 0. The molecule has 0 amide bonds. The fourth-order valence-corrected chi connectivity index (χ4v) is 3.29. The molecule has 0 saturated carbocycles. The standard InChI is InChI=1S/C22H13F3O/c23-22(24,25)16-12-10-15(11-13-16)19-17-8-4-5-9-18(17)21(26)20(19)14-6-2-1-3-7-14/h1-13H. The van der Waals surface area contributed by atoms with Crippen LogP contribution in [0.2, 0.25) is 0 Å². The van der Waals surface area contributed by atoms with Crippen molar-refractivity contribution in [3.63, 3.8) is 0 Å². The second-order valence-corrected chi connectivity index (χ2v) is 6.07. The Balaban J connectivity index is 1.94. The minimum atomic E-state index is -4.39. The lowest BCUT2D eigenvalue weighted by molar-refractivity contribution is -0.137. The Morgan fingerprint density at radius 3 is 1.73 bits per heavy atom. The van der Waals surface area contributed by atoms with Crippen molar-refractivity contribution in [2.45, 2.75) is 6.18 Å². The average Bonchev–Trinajstić information content (AvgIpc) is 2.95. The predicted molar refractivity (Wildman–Crippen MR) is 94.6 cm³/mol. The number of hydrogen-bond acceptors (Lipinski definition) is 1. The Hall–Kier alpha value is -3.14. The second kappa shape index (κ2) is 5.99. The Labute approximate surface area is 148 Å². The van der Waals surface area contributed by atoms with E-state index in [4.69, 9.17) is 0 Å². The third-order valence-electron chi connectivity index (χ3n) is 4.48. The SMILES string of the molecule is O=C1C(c2ccccc2)=C(c2ccc(C(F)(F)F)cc2)c2ccccc21. The van der Waals surface area contributed by atoms with Gasteiger partial charge in [-0.05, 0) is 28.8 Å². The number of allylic oxidation sites excluding steroid dienone is 1. The zero-order chi connectivity index (χ0) is 18.3. The van der Waals surface area contributed by atoms with Gasteiger partial charge in [0, 0.05) is 16.7 Å². The maximum Gasteiger partial charge on any atom is 0.416 e. The van der Waals surface area contributed by atoms with Crippen LogP contribution in [0.3, 0.4) is 0 Å². The highest BCUT2D eigenvalue weighted by molar-refractivity contribution is 6.41. The van der Waals surface area contributed by atoms with Gasteiger partial charge in [-0.2, -0.15) is 13.2 Å². The Kier molecular flexibility index (Phi) is 3.76. The molecule has 0 bridgehead atoms. The van der Waals surface area contributed by atoms with Crippen LogP contribution in [0.5, 0.6) is 0 Å². The predicted octanol–water partition coefficient (Wildman–Crippen LogP) is 5.86. The summed E-state index contributed by atoms with van der Waals surface area (Å²) in [6, 6.07) is 21.3. The van der Waals surface area contributed by atoms with Crippen molar-refractivity contribution in [1.29, 1.82) is 0 Å². The zero-order valence-electron chi connectivity index (χ0n) is 13.5. The van der Waals surface area contributed by atoms with Crippen LogP contribution in [0.1, 0.15) is 32.6 Å². The van der Waals surface area contributed by atoms with Crippen molar-refractivity contribution < 1.29 is 18.0 Å². The fourth-order valence-electron chi connectivity index (χ4n) is 3.29. The molecule has 26 heavy (non-hydrogen) atoms. The maximum atomic E-state index is 13.0. The fraction of sp³-hybridized carbons (Fsp3) is 0.0455. The van der Waals surface area contributed by atoms with Crippen LogP contribution in [-0.4, -0.2) is 5.78 Å². The summed E-state index contributed by atoms with van der Waals surface area (Å²) in [5.41, 5.74) is 3.15. The van der Waals surface area contributed by atoms with Crippen molar-refractivity contribution in [2.24, 2.45) is 0 Å². The minimum absolute atomic E-state index is 0.110. The number of carbonyl (C=O) groups is 1. The molecule has 0 aromatic heterocycles. The topological polar surface area (TPSA) is 17.1 Å². The molecule has 0 aliphatic heterocycles. The lowest BCUT2D eigenvalue weighted by atomic mass is 9.93. The second-order valence-electron chi connectivity index (χ2n) is 6.07. The third-order valence-corrected chi connectivity index (χ3v) is 4.48. The molecule has 1 aliphatic carbocycles. The molecule has 4 rings (SSSR count). The number of benzene rings is 3. The highest BCUT2D eigenvalue weighted by Crippen LogP contribution is 2.42. The van der Waals surface area contributed by atoms with Crippen LogP contribution in [0.25, 0.3) is 11.1 Å². The van der Waals surface area contributed by atoms with Crippen molar-refractivity contribution in [3.05, 3.63) is 107 Å². The molecule has 3 aromatic carbocycles. The Morgan fingerprint density at radius 2 is 1.12 bits per heavy atom. The molecule has 128 valence electrons. The molecule has 0 radical (unpaired) electrons. The van der Waals surface area contributed by atoms with E-state index in [-0.39, 0.29) is 5.78 Å². The van der Waals surface area contributed by atoms with E-state index in [1.54, 1.807) is 12.1 Å². The number of alkyl halides is 3. The molecule has 0 unspecified atom stereocenters. The Bertz CT molecular complexity index is 1010. The molecule has 1 aliphatic rings. The number of rotatable bonds is 2. The van der Waals surface area contributed by atoms with Crippen LogP contribution < -0.4 is 0 Å². The third kappa shape index (κ3) is 2.64. The molecule has 3 aromatic rings. The molecule has 0 saturated heterocycles. The highest BCUT2D eigenvalue weighted by Gasteiger charge is 2.33. The van der Waals surface area contributed by atoms with E-state index in [9.17, 15) is 18.0 Å². The number of ketones is 1. The first-order valence-electron chi connectivity index (χ1n) is 8.08. The molecule has 0 fully saturated rings. The molecule has 0 spiro atoms. The summed E-state index contributed by atoms with van der Waals surface area (Å²) in [6.07, 6.45) is -4.39. The monoisotopic (exact) mass is 350 g/mol. The van der Waals surface area contributed by atoms with E-state index in [2.05, 4.69) is 0 Å². The molecule has 0 atom stereocenters. The largest absolute Gasteiger partial charge is 0.416 e. The molecule has 0 N–H and O–H groups in total. The normalized spacial score (nSPS) is 13.9. The van der Waals surface area contributed by atoms with E-state index in [0.717, 1.165) is 23.3 Å². The quantitative estimate of drug-likeness (QED) is 0.566. The van der Waals surface area contributed by atoms with Gasteiger partial charge in [0.25, 0.3) is 0 Å². The van der Waals surface area contributed by atoms with Crippen molar-refractivity contribution in [3.8, 4) is 0 Å². The first-order valence-corrected chi connectivity index (χ1v) is 8.08. The van der Waals surface area contributed by atoms with Gasteiger partial charge in [-0.1, -0.05) is 66.7 Å². The first-order chi connectivity index (χ1) is 12.5. The van der Waals surface area contributed by atoms with Crippen molar-refractivity contribution in [1.82, 2.24) is 0 Å². The van der Waals surface area contributed by atoms with Gasteiger partial charge in [0.05, 0.1) is 5.56 Å². The number of Topliss-reactive ketones (excluding diaryl/α,β-unsaturated/α-hetero) is 1. The van der Waals surface area contributed by atoms with Crippen LogP contribution in [0.15, 0.2) is 78.9 Å². The molecule has 1 nitrogen and oxygen atoms in total. The summed E-state index contributed by atoms with van der Waals surface area (Å²) < 4.78 is 38.6. The van der Waals surface area contributed by atoms with Crippen LogP contribution in [0, 0.1) is 0 Å². The number of hydrogen-bond donors (Lipinski definition) is 0. The molecule has 4 heteroatoms. The summed E-state index contributed by atoms with van der Waals surface area (Å²) in [4.78, 5) is 13.0. The summed E-state index contributed by atoms with van der Waals surface area (Å²) in [5.74, 6) is -0.110. The van der Waals surface area contributed by atoms with Gasteiger partial charge in [-0.3, -0.25) is 4.79 Å². The van der Waals surface area contributed by atoms with Crippen molar-refractivity contribution >= 4 is 16.9 Å². The number of halogens is 3. The van der Waals surface area contributed by atoms with E-state index in [1.807, 2.05) is 42.5 Å². The van der Waals surface area contributed by atoms with Gasteiger partial charge < -0.3 is 0 Å². The number of fused-ring (bicyclic) bond motifs is 1. The van der Waals surface area contributed by atoms with Gasteiger partial charge in [0.2, 0.25) is 0 Å². The summed E-state index contributed by atoms with van der Waals surface area (Å²) >= 11 is 0. The van der Waals surface area contributed by atoms with Gasteiger partial charge in [0.15, 0.2) is 5.78 Å². The first kappa shape index (κ1) is 16.3. The van der Waals surface area contributed by atoms with Gasteiger partial charge in [0.1, 0.15) is 0 Å². The lowest BCUT2D eigenvalue weighted by Gasteiger charge is -2.11. The number of carbonyl (C=O) groups excluding carboxylic acids is 1. The Morgan fingerprint density at radius 1 is 0.577 bits per heavy atom. The minimum Gasteiger partial charge on any atom is -0.289 e. The van der Waals surface area contributed by atoms with Gasteiger partial charge in [-0.25, -0.2) is 0 Å². The van der Waals surface area contributed by atoms with Crippen LogP contribution in [-0.2, 0) is 6.18 Å². The summed E-state index contributed by atoms with van der Waals surface area (Å²) in [5, 5.41) is 0. The zero-order valence-corrected chi connectivity index (χ0v) is 13.5. The van der Waals surface area contributed by atoms with E-state index < -0.39 is 11.7 Å². The van der Waals surface area contributed by atoms with E-state index >= 15 is 0 Å². The van der Waals surface area contributed by atoms with E-state index in [0.29, 0.717) is 22.3 Å². The molecular weight excluding hydrogens is 337 g/mol. The van der Waals surface area contributed by atoms with Crippen LogP contribution >= 0.6 is 0 Å². The molecular formula is C22H13F3O.